The summed E-state index contributed by atoms with van der Waals surface area (Å²) >= 11 is 3.42. The molecule has 2 rings (SSSR count). The molecule has 0 bridgehead atoms. The summed E-state index contributed by atoms with van der Waals surface area (Å²) in [7, 11) is 0. The van der Waals surface area contributed by atoms with Crippen LogP contribution in [0.2, 0.25) is 0 Å². The maximum atomic E-state index is 5.67. The lowest BCUT2D eigenvalue weighted by Gasteiger charge is -2.17. The Morgan fingerprint density at radius 2 is 1.93 bits per heavy atom. The number of halogens is 2. The Hall–Kier alpha value is -0.0900. The van der Waals surface area contributed by atoms with Crippen molar-refractivity contribution in [3.8, 4) is 0 Å². The Morgan fingerprint density at radius 1 is 1.33 bits per heavy atom. The maximum absolute atomic E-state index is 5.67. The number of hydrogen-bond donors (Lipinski definition) is 1. The first-order valence-corrected chi connectivity index (χ1v) is 5.51. The summed E-state index contributed by atoms with van der Waals surface area (Å²) in [4.78, 5) is 0. The summed E-state index contributed by atoms with van der Waals surface area (Å²) in [5.41, 5.74) is 1.26. The smallest absolute Gasteiger partial charge is 0.134 e. The highest BCUT2D eigenvalue weighted by molar-refractivity contribution is 9.10. The van der Waals surface area contributed by atoms with Gasteiger partial charge in [0, 0.05) is 10.0 Å². The van der Waals surface area contributed by atoms with E-state index in [1.807, 2.05) is 12.1 Å². The van der Waals surface area contributed by atoms with E-state index in [4.69, 9.17) is 4.74 Å². The molecule has 15 heavy (non-hydrogen) atoms. The molecule has 1 heterocycles. The van der Waals surface area contributed by atoms with Crippen LogP contribution in [0.5, 0.6) is 0 Å². The molecule has 1 N–H and O–H groups in total. The average Bonchev–Trinajstić information content (AvgIpc) is 2.47. The van der Waals surface area contributed by atoms with Gasteiger partial charge in [0.05, 0.1) is 6.61 Å². The summed E-state index contributed by atoms with van der Waals surface area (Å²) in [5, 5.41) is 3.43. The second-order valence-corrected chi connectivity index (χ2v) is 5.19. The van der Waals surface area contributed by atoms with E-state index in [9.17, 15) is 0 Å². The van der Waals surface area contributed by atoms with E-state index >= 15 is 0 Å². The highest BCUT2D eigenvalue weighted by Gasteiger charge is 2.31. The number of ether oxygens (including phenoxy) is 1. The third kappa shape index (κ3) is 3.18. The SMILES string of the molecule is CC1(C)COC(c2ccc(Br)cc2)N1.Cl. The van der Waals surface area contributed by atoms with Gasteiger partial charge in [-0.25, -0.2) is 0 Å². The van der Waals surface area contributed by atoms with Crippen molar-refractivity contribution in [2.75, 3.05) is 6.61 Å². The van der Waals surface area contributed by atoms with Crippen molar-refractivity contribution in [2.24, 2.45) is 0 Å². The maximum Gasteiger partial charge on any atom is 0.134 e. The largest absolute Gasteiger partial charge is 0.357 e. The predicted octanol–water partition coefficient (Wildman–Crippen LogP) is 3.27. The van der Waals surface area contributed by atoms with Crippen LogP contribution < -0.4 is 5.32 Å². The van der Waals surface area contributed by atoms with Gasteiger partial charge in [-0.15, -0.1) is 12.4 Å². The summed E-state index contributed by atoms with van der Waals surface area (Å²) in [6.45, 7) is 5.05. The van der Waals surface area contributed by atoms with Crippen LogP contribution in [-0.4, -0.2) is 12.1 Å². The van der Waals surface area contributed by atoms with Crippen LogP contribution in [0.25, 0.3) is 0 Å². The van der Waals surface area contributed by atoms with Crippen molar-refractivity contribution in [2.45, 2.75) is 25.6 Å². The standard InChI is InChI=1S/C11H14BrNO.ClH/c1-11(2)7-14-10(13-11)8-3-5-9(12)6-4-8;/h3-6,10,13H,7H2,1-2H3;1H. The molecule has 1 aromatic rings. The zero-order valence-electron chi connectivity index (χ0n) is 8.79. The lowest BCUT2D eigenvalue weighted by Crippen LogP contribution is -2.35. The van der Waals surface area contributed by atoms with Gasteiger partial charge >= 0.3 is 0 Å². The van der Waals surface area contributed by atoms with Crippen molar-refractivity contribution < 1.29 is 4.74 Å². The molecule has 0 saturated carbocycles. The quantitative estimate of drug-likeness (QED) is 0.858. The van der Waals surface area contributed by atoms with Gasteiger partial charge in [-0.3, -0.25) is 5.32 Å². The number of nitrogens with one attached hydrogen (secondary N) is 1. The Balaban J connectivity index is 0.00000112. The van der Waals surface area contributed by atoms with Crippen LogP contribution in [-0.2, 0) is 4.74 Å². The minimum Gasteiger partial charge on any atom is -0.357 e. The molecule has 1 aliphatic rings. The van der Waals surface area contributed by atoms with Crippen LogP contribution in [0.1, 0.15) is 25.6 Å². The minimum absolute atomic E-state index is 0. The third-order valence-corrected chi connectivity index (χ3v) is 2.83. The molecule has 1 atom stereocenters. The fraction of sp³-hybridized carbons (Fsp3) is 0.455. The molecule has 0 aromatic heterocycles. The van der Waals surface area contributed by atoms with Crippen molar-refractivity contribution >= 4 is 28.3 Å². The van der Waals surface area contributed by atoms with Gasteiger partial charge in [-0.2, -0.15) is 0 Å². The zero-order chi connectivity index (χ0) is 10.2. The molecule has 1 fully saturated rings. The van der Waals surface area contributed by atoms with Gasteiger partial charge in [-0.05, 0) is 31.5 Å². The Bertz CT molecular complexity index is 326. The van der Waals surface area contributed by atoms with Gasteiger partial charge in [0.25, 0.3) is 0 Å². The van der Waals surface area contributed by atoms with Crippen LogP contribution in [0.15, 0.2) is 28.7 Å². The van der Waals surface area contributed by atoms with E-state index in [1.165, 1.54) is 5.56 Å². The van der Waals surface area contributed by atoms with E-state index < -0.39 is 0 Å². The normalized spacial score (nSPS) is 23.5. The number of rotatable bonds is 1. The molecular formula is C11H15BrClNO. The molecule has 1 saturated heterocycles. The molecule has 0 spiro atoms. The van der Waals surface area contributed by atoms with Gasteiger partial charge in [0.15, 0.2) is 0 Å². The molecule has 0 radical (unpaired) electrons. The zero-order valence-corrected chi connectivity index (χ0v) is 11.2. The van der Waals surface area contributed by atoms with Gasteiger partial charge in [0.1, 0.15) is 6.23 Å². The van der Waals surface area contributed by atoms with Gasteiger partial charge < -0.3 is 4.74 Å². The van der Waals surface area contributed by atoms with Crippen LogP contribution in [0.3, 0.4) is 0 Å². The van der Waals surface area contributed by atoms with E-state index in [0.717, 1.165) is 11.1 Å². The minimum atomic E-state index is 0. The molecule has 0 aliphatic carbocycles. The lowest BCUT2D eigenvalue weighted by molar-refractivity contribution is 0.0989. The number of hydrogen-bond acceptors (Lipinski definition) is 2. The molecule has 1 unspecified atom stereocenters. The van der Waals surface area contributed by atoms with Crippen molar-refractivity contribution in [1.29, 1.82) is 0 Å². The summed E-state index contributed by atoms with van der Waals surface area (Å²) in [6.07, 6.45) is 0.0399. The first-order chi connectivity index (χ1) is 6.57. The van der Waals surface area contributed by atoms with E-state index in [-0.39, 0.29) is 24.2 Å². The molecule has 0 amide bonds. The second kappa shape index (κ2) is 4.83. The topological polar surface area (TPSA) is 21.3 Å². The van der Waals surface area contributed by atoms with E-state index in [0.29, 0.717) is 0 Å². The molecule has 84 valence electrons. The first kappa shape index (κ1) is 13.0. The molecule has 2 nitrogen and oxygen atoms in total. The predicted molar refractivity (Wildman–Crippen MR) is 67.3 cm³/mol. The van der Waals surface area contributed by atoms with Gasteiger partial charge in [-0.1, -0.05) is 28.1 Å². The third-order valence-electron chi connectivity index (χ3n) is 2.31. The van der Waals surface area contributed by atoms with Crippen LogP contribution >= 0.6 is 28.3 Å². The molecule has 1 aromatic carbocycles. The second-order valence-electron chi connectivity index (χ2n) is 4.27. The Labute approximate surface area is 105 Å². The molecular weight excluding hydrogens is 277 g/mol. The first-order valence-electron chi connectivity index (χ1n) is 4.72. The van der Waals surface area contributed by atoms with E-state index in [2.05, 4.69) is 47.2 Å². The summed E-state index contributed by atoms with van der Waals surface area (Å²) in [5.74, 6) is 0. The van der Waals surface area contributed by atoms with Gasteiger partial charge in [0.2, 0.25) is 0 Å². The Kier molecular flexibility index (Phi) is 4.18. The lowest BCUT2D eigenvalue weighted by atomic mass is 10.1. The summed E-state index contributed by atoms with van der Waals surface area (Å²) in [6, 6.07) is 8.21. The summed E-state index contributed by atoms with van der Waals surface area (Å²) < 4.78 is 6.76. The monoisotopic (exact) mass is 291 g/mol. The fourth-order valence-electron chi connectivity index (χ4n) is 1.55. The number of benzene rings is 1. The molecule has 4 heteroatoms. The van der Waals surface area contributed by atoms with Crippen molar-refractivity contribution in [3.63, 3.8) is 0 Å². The highest BCUT2D eigenvalue weighted by atomic mass is 79.9. The van der Waals surface area contributed by atoms with E-state index in [1.54, 1.807) is 0 Å². The highest BCUT2D eigenvalue weighted by Crippen LogP contribution is 2.26. The Morgan fingerprint density at radius 3 is 2.40 bits per heavy atom. The van der Waals surface area contributed by atoms with Crippen LogP contribution in [0.4, 0.5) is 0 Å². The van der Waals surface area contributed by atoms with Crippen LogP contribution in [0, 0.1) is 0 Å². The average molecular weight is 293 g/mol. The van der Waals surface area contributed by atoms with Crippen molar-refractivity contribution in [3.05, 3.63) is 34.3 Å². The fourth-order valence-corrected chi connectivity index (χ4v) is 1.81. The van der Waals surface area contributed by atoms with Crippen molar-refractivity contribution in [1.82, 2.24) is 5.32 Å². The molecule has 1 aliphatic heterocycles.